The fraction of sp³-hybridized carbons (Fsp3) is 0.500. The van der Waals surface area contributed by atoms with E-state index >= 15 is 0 Å². The molecule has 0 saturated heterocycles. The number of pyridine rings is 1. The molecule has 1 aromatic heterocycles. The van der Waals surface area contributed by atoms with E-state index in [9.17, 15) is 24.8 Å². The summed E-state index contributed by atoms with van der Waals surface area (Å²) in [6.07, 6.45) is -0.840. The zero-order valence-electron chi connectivity index (χ0n) is 13.7. The zero-order valence-corrected chi connectivity index (χ0v) is 13.7. The molecule has 1 rings (SSSR count). The van der Waals surface area contributed by atoms with Crippen LogP contribution in [0.4, 0.5) is 10.6 Å². The lowest BCUT2D eigenvalue weighted by Crippen LogP contribution is -2.51. The number of aliphatic carboxylic acids is 1. The van der Waals surface area contributed by atoms with Crippen molar-refractivity contribution in [2.45, 2.75) is 45.4 Å². The van der Waals surface area contributed by atoms with E-state index in [2.05, 4.69) is 10.3 Å². The number of amides is 1. The van der Waals surface area contributed by atoms with Crippen LogP contribution in [0.1, 0.15) is 27.7 Å². The molecule has 0 aliphatic heterocycles. The molecule has 1 heterocycles. The third-order valence-electron chi connectivity index (χ3n) is 2.64. The van der Waals surface area contributed by atoms with Crippen molar-refractivity contribution in [1.29, 1.82) is 0 Å². The molecule has 1 amide bonds. The van der Waals surface area contributed by atoms with Gasteiger partial charge in [0.25, 0.3) is 0 Å². The number of aromatic nitrogens is 1. The first-order chi connectivity index (χ1) is 11.0. The second kappa shape index (κ2) is 7.57. The summed E-state index contributed by atoms with van der Waals surface area (Å²) in [6.45, 7) is 6.23. The van der Waals surface area contributed by atoms with Crippen LogP contribution in [0.25, 0.3) is 0 Å². The van der Waals surface area contributed by atoms with Gasteiger partial charge in [-0.25, -0.2) is 9.59 Å². The summed E-state index contributed by atoms with van der Waals surface area (Å²) in [6, 6.07) is 1.22. The summed E-state index contributed by atoms with van der Waals surface area (Å²) >= 11 is 0. The van der Waals surface area contributed by atoms with Crippen LogP contribution in [0.15, 0.2) is 18.3 Å². The van der Waals surface area contributed by atoms with Crippen LogP contribution in [0.2, 0.25) is 0 Å². The Morgan fingerprint density at radius 1 is 1.42 bits per heavy atom. The van der Waals surface area contributed by atoms with Crippen LogP contribution in [0.3, 0.4) is 0 Å². The number of nitrogens with one attached hydrogen (secondary N) is 1. The molecule has 0 bridgehead atoms. The van der Waals surface area contributed by atoms with Gasteiger partial charge in [-0.2, -0.15) is 0 Å². The van der Waals surface area contributed by atoms with E-state index in [-0.39, 0.29) is 5.75 Å². The molecule has 0 aliphatic rings. The lowest BCUT2D eigenvalue weighted by molar-refractivity contribution is -0.390. The maximum Gasteiger partial charge on any atom is 0.408 e. The fourth-order valence-electron chi connectivity index (χ4n) is 1.69. The van der Waals surface area contributed by atoms with Crippen molar-refractivity contribution in [3.05, 3.63) is 28.4 Å². The van der Waals surface area contributed by atoms with Crippen molar-refractivity contribution in [3.8, 4) is 5.75 Å². The first-order valence-corrected chi connectivity index (χ1v) is 6.99. The van der Waals surface area contributed by atoms with Crippen LogP contribution in [0, 0.1) is 10.1 Å². The Balaban J connectivity index is 2.88. The summed E-state index contributed by atoms with van der Waals surface area (Å²) in [5, 5.41) is 22.3. The molecule has 0 saturated carbocycles. The average Bonchev–Trinajstić information content (AvgIpc) is 2.42. The van der Waals surface area contributed by atoms with Crippen LogP contribution in [0.5, 0.6) is 5.75 Å². The summed E-state index contributed by atoms with van der Waals surface area (Å²) in [5.41, 5.74) is -0.806. The molecule has 1 aromatic rings. The highest BCUT2D eigenvalue weighted by molar-refractivity contribution is 5.80. The van der Waals surface area contributed by atoms with Crippen molar-refractivity contribution in [2.24, 2.45) is 0 Å². The average molecular weight is 341 g/mol. The molecule has 10 nitrogen and oxygen atoms in total. The van der Waals surface area contributed by atoms with Crippen LogP contribution >= 0.6 is 0 Å². The molecule has 2 atom stereocenters. The molecule has 0 radical (unpaired) electrons. The second-order valence-electron chi connectivity index (χ2n) is 5.87. The van der Waals surface area contributed by atoms with Gasteiger partial charge in [-0.15, -0.1) is 0 Å². The number of hydrogen-bond acceptors (Lipinski definition) is 7. The third-order valence-corrected chi connectivity index (χ3v) is 2.64. The maximum atomic E-state index is 11.7. The van der Waals surface area contributed by atoms with Gasteiger partial charge in [0, 0.05) is 0 Å². The Morgan fingerprint density at radius 3 is 2.54 bits per heavy atom. The molecule has 0 aliphatic carbocycles. The first-order valence-electron chi connectivity index (χ1n) is 6.99. The van der Waals surface area contributed by atoms with Gasteiger partial charge in [0.1, 0.15) is 17.9 Å². The maximum absolute atomic E-state index is 11.7. The van der Waals surface area contributed by atoms with Crippen LogP contribution in [-0.2, 0) is 9.53 Å². The van der Waals surface area contributed by atoms with Crippen LogP contribution < -0.4 is 10.1 Å². The van der Waals surface area contributed by atoms with E-state index in [0.717, 1.165) is 0 Å². The Hall–Kier alpha value is -2.91. The smallest absolute Gasteiger partial charge is 0.408 e. The quantitative estimate of drug-likeness (QED) is 0.588. The van der Waals surface area contributed by atoms with Gasteiger partial charge >= 0.3 is 17.9 Å². The van der Waals surface area contributed by atoms with E-state index in [0.29, 0.717) is 0 Å². The molecule has 24 heavy (non-hydrogen) atoms. The van der Waals surface area contributed by atoms with Crippen molar-refractivity contribution < 1.29 is 29.1 Å². The van der Waals surface area contributed by atoms with Crippen LogP contribution in [-0.4, -0.2) is 44.8 Å². The SMILES string of the molecule is C[C@@H](Oc1cccnc1[N+](=O)[O-])[C@H](NC(=O)OC(C)(C)C)C(=O)O. The summed E-state index contributed by atoms with van der Waals surface area (Å²) in [5.74, 6) is -2.13. The van der Waals surface area contributed by atoms with Crippen molar-refractivity contribution in [2.75, 3.05) is 0 Å². The number of alkyl carbamates (subject to hydrolysis) is 1. The monoisotopic (exact) mass is 341 g/mol. The Morgan fingerprint density at radius 2 is 2.04 bits per heavy atom. The molecule has 2 N–H and O–H groups in total. The van der Waals surface area contributed by atoms with E-state index in [1.165, 1.54) is 25.3 Å². The highest BCUT2D eigenvalue weighted by atomic mass is 16.6. The lowest BCUT2D eigenvalue weighted by atomic mass is 10.2. The van der Waals surface area contributed by atoms with Crippen molar-refractivity contribution in [1.82, 2.24) is 10.3 Å². The molecule has 10 heteroatoms. The number of hydrogen-bond donors (Lipinski definition) is 2. The Bertz CT molecular complexity index is 627. The zero-order chi connectivity index (χ0) is 18.5. The summed E-state index contributed by atoms with van der Waals surface area (Å²) < 4.78 is 10.3. The minimum absolute atomic E-state index is 0.202. The normalized spacial score (nSPS) is 13.5. The number of carboxylic acid groups (broad SMARTS) is 1. The fourth-order valence-corrected chi connectivity index (χ4v) is 1.69. The van der Waals surface area contributed by atoms with E-state index in [1.54, 1.807) is 20.8 Å². The minimum Gasteiger partial charge on any atom is -0.480 e. The molecule has 0 fully saturated rings. The van der Waals surface area contributed by atoms with Crippen molar-refractivity contribution >= 4 is 17.9 Å². The van der Waals surface area contributed by atoms with Gasteiger partial charge in [0.05, 0.1) is 0 Å². The number of rotatable bonds is 6. The lowest BCUT2D eigenvalue weighted by Gasteiger charge is -2.25. The number of ether oxygens (including phenoxy) is 2. The van der Waals surface area contributed by atoms with Gasteiger partial charge in [0.15, 0.2) is 6.04 Å². The van der Waals surface area contributed by atoms with Gasteiger partial charge in [0.2, 0.25) is 5.75 Å². The molecule has 0 unspecified atom stereocenters. The highest BCUT2D eigenvalue weighted by Gasteiger charge is 2.31. The van der Waals surface area contributed by atoms with E-state index in [1.807, 2.05) is 0 Å². The molecule has 0 spiro atoms. The van der Waals surface area contributed by atoms with E-state index < -0.39 is 40.6 Å². The van der Waals surface area contributed by atoms with E-state index in [4.69, 9.17) is 9.47 Å². The number of carbonyl (C=O) groups is 2. The number of carbonyl (C=O) groups excluding carboxylic acids is 1. The largest absolute Gasteiger partial charge is 0.480 e. The first kappa shape index (κ1) is 19.1. The minimum atomic E-state index is -1.47. The van der Waals surface area contributed by atoms with Gasteiger partial charge in [-0.1, -0.05) is 0 Å². The second-order valence-corrected chi connectivity index (χ2v) is 5.87. The van der Waals surface area contributed by atoms with Crippen molar-refractivity contribution in [3.63, 3.8) is 0 Å². The number of nitrogens with zero attached hydrogens (tertiary/aromatic N) is 2. The molecule has 132 valence electrons. The predicted molar refractivity (Wildman–Crippen MR) is 81.8 cm³/mol. The molecule has 0 aromatic carbocycles. The Labute approximate surface area is 137 Å². The highest BCUT2D eigenvalue weighted by Crippen LogP contribution is 2.24. The summed E-state index contributed by atoms with van der Waals surface area (Å²) in [4.78, 5) is 36.8. The summed E-state index contributed by atoms with van der Waals surface area (Å²) in [7, 11) is 0. The topological polar surface area (TPSA) is 141 Å². The van der Waals surface area contributed by atoms with Gasteiger partial charge in [-0.3, -0.25) is 0 Å². The predicted octanol–water partition coefficient (Wildman–Crippen LogP) is 1.74. The number of nitro groups is 1. The third kappa shape index (κ3) is 5.71. The van der Waals surface area contributed by atoms with Gasteiger partial charge < -0.3 is 30.0 Å². The molecular formula is C14H19N3O7. The van der Waals surface area contributed by atoms with Gasteiger partial charge in [-0.05, 0) is 49.7 Å². The molecular weight excluding hydrogens is 322 g/mol. The Kier molecular flexibility index (Phi) is 6.04. The standard InChI is InChI=1S/C14H19N3O7/c1-8(23-9-6-5-7-15-11(9)17(21)22)10(12(18)19)16-13(20)24-14(2,3)4/h5-8,10H,1-4H3,(H,16,20)(H,18,19)/t8-,10+/m1/s1. The number of carboxylic acids is 1.